The van der Waals surface area contributed by atoms with Crippen LogP contribution in [0.3, 0.4) is 0 Å². The van der Waals surface area contributed by atoms with Gasteiger partial charge in [-0.3, -0.25) is 0 Å². The van der Waals surface area contributed by atoms with Crippen molar-refractivity contribution in [3.8, 4) is 0 Å². The summed E-state index contributed by atoms with van der Waals surface area (Å²) < 4.78 is 0. The zero-order chi connectivity index (χ0) is 14.3. The third-order valence-electron chi connectivity index (χ3n) is 5.28. The molecule has 19 heavy (non-hydrogen) atoms. The molecule has 1 fully saturated rings. The van der Waals surface area contributed by atoms with Crippen molar-refractivity contribution in [3.63, 3.8) is 0 Å². The van der Waals surface area contributed by atoms with Crippen molar-refractivity contribution < 1.29 is 5.11 Å². The van der Waals surface area contributed by atoms with E-state index < -0.39 is 11.6 Å². The van der Waals surface area contributed by atoms with E-state index in [0.717, 1.165) is 5.92 Å². The van der Waals surface area contributed by atoms with Crippen molar-refractivity contribution in [1.29, 1.82) is 0 Å². The van der Waals surface area contributed by atoms with Crippen molar-refractivity contribution in [2.24, 2.45) is 17.6 Å². The van der Waals surface area contributed by atoms with Gasteiger partial charge in [0.05, 0.1) is 6.10 Å². The molecule has 0 spiro atoms. The fourth-order valence-electron chi connectivity index (χ4n) is 3.37. The molecule has 1 saturated carbocycles. The molecule has 0 aliphatic heterocycles. The molecule has 0 radical (unpaired) electrons. The van der Waals surface area contributed by atoms with Gasteiger partial charge in [-0.1, -0.05) is 58.3 Å². The van der Waals surface area contributed by atoms with E-state index in [0.29, 0.717) is 5.92 Å². The van der Waals surface area contributed by atoms with Crippen LogP contribution in [0.2, 0.25) is 0 Å². The van der Waals surface area contributed by atoms with Crippen LogP contribution in [0, 0.1) is 11.8 Å². The summed E-state index contributed by atoms with van der Waals surface area (Å²) in [5.74, 6) is 1.39. The minimum Gasteiger partial charge on any atom is -0.392 e. The van der Waals surface area contributed by atoms with E-state index in [-0.39, 0.29) is 0 Å². The minimum absolute atomic E-state index is 0.412. The minimum atomic E-state index is -0.419. The van der Waals surface area contributed by atoms with Crippen LogP contribution in [0.5, 0.6) is 0 Å². The van der Waals surface area contributed by atoms with Gasteiger partial charge in [0.25, 0.3) is 0 Å². The summed E-state index contributed by atoms with van der Waals surface area (Å²) >= 11 is 0. The maximum atomic E-state index is 9.93. The maximum absolute atomic E-state index is 9.93. The molecule has 1 aliphatic rings. The van der Waals surface area contributed by atoms with E-state index in [2.05, 4.69) is 6.92 Å². The second-order valence-electron chi connectivity index (χ2n) is 7.12. The predicted molar refractivity (Wildman–Crippen MR) is 83.1 cm³/mol. The molecular formula is C17H35NO. The third kappa shape index (κ3) is 5.83. The standard InChI is InChI=1S/C17H35NO/c1-14-10-6-4-8-12-16(13-9-5-7-11-14)17(3,18)15(2)19/h14-16,19H,4-13,18H2,1-3H3. The highest BCUT2D eigenvalue weighted by atomic mass is 16.3. The summed E-state index contributed by atoms with van der Waals surface area (Å²) in [6.07, 6.45) is 12.7. The van der Waals surface area contributed by atoms with E-state index >= 15 is 0 Å². The molecule has 1 aliphatic carbocycles. The molecule has 2 nitrogen and oxygen atoms in total. The Bertz CT molecular complexity index is 223. The highest BCUT2D eigenvalue weighted by molar-refractivity contribution is 4.91. The Morgan fingerprint density at radius 3 is 1.79 bits per heavy atom. The molecule has 0 aromatic rings. The quantitative estimate of drug-likeness (QED) is 0.787. The fraction of sp³-hybridized carbons (Fsp3) is 1.00. The van der Waals surface area contributed by atoms with E-state index in [9.17, 15) is 5.11 Å². The van der Waals surface area contributed by atoms with Gasteiger partial charge in [0, 0.05) is 5.54 Å². The molecule has 0 aromatic carbocycles. The van der Waals surface area contributed by atoms with Crippen molar-refractivity contribution in [2.75, 3.05) is 0 Å². The molecular weight excluding hydrogens is 234 g/mol. The monoisotopic (exact) mass is 269 g/mol. The number of hydrogen-bond acceptors (Lipinski definition) is 2. The number of nitrogens with two attached hydrogens (primary N) is 1. The van der Waals surface area contributed by atoms with Crippen LogP contribution in [0.4, 0.5) is 0 Å². The molecule has 0 bridgehead atoms. The molecule has 0 heterocycles. The van der Waals surface area contributed by atoms with Crippen LogP contribution in [0.25, 0.3) is 0 Å². The first-order valence-corrected chi connectivity index (χ1v) is 8.41. The number of aliphatic hydroxyl groups excluding tert-OH is 1. The second kappa shape index (κ2) is 8.26. The lowest BCUT2D eigenvalue weighted by atomic mass is 9.76. The first-order chi connectivity index (χ1) is 8.94. The summed E-state index contributed by atoms with van der Waals surface area (Å²) in [7, 11) is 0. The van der Waals surface area contributed by atoms with Crippen LogP contribution in [0.15, 0.2) is 0 Å². The zero-order valence-corrected chi connectivity index (χ0v) is 13.3. The van der Waals surface area contributed by atoms with Crippen LogP contribution < -0.4 is 5.73 Å². The molecule has 2 heteroatoms. The van der Waals surface area contributed by atoms with Crippen LogP contribution >= 0.6 is 0 Å². The van der Waals surface area contributed by atoms with Gasteiger partial charge in [-0.25, -0.2) is 0 Å². The highest BCUT2D eigenvalue weighted by Gasteiger charge is 2.33. The number of rotatable bonds is 2. The van der Waals surface area contributed by atoms with Gasteiger partial charge >= 0.3 is 0 Å². The lowest BCUT2D eigenvalue weighted by Crippen LogP contribution is -2.52. The Balaban J connectivity index is 2.52. The van der Waals surface area contributed by atoms with Gasteiger partial charge in [0.2, 0.25) is 0 Å². The van der Waals surface area contributed by atoms with Crippen molar-refractivity contribution in [3.05, 3.63) is 0 Å². The number of hydrogen-bond donors (Lipinski definition) is 2. The highest BCUT2D eigenvalue weighted by Crippen LogP contribution is 2.30. The molecule has 0 amide bonds. The SMILES string of the molecule is CC1CCCCCC(C(C)(N)C(C)O)CCCCC1. The molecule has 0 saturated heterocycles. The molecule has 114 valence electrons. The van der Waals surface area contributed by atoms with E-state index in [1.165, 1.54) is 64.2 Å². The predicted octanol–water partition coefficient (Wildman–Crippen LogP) is 4.25. The van der Waals surface area contributed by atoms with Gasteiger partial charge in [-0.15, -0.1) is 0 Å². The topological polar surface area (TPSA) is 46.2 Å². The smallest absolute Gasteiger partial charge is 0.0691 e. The Hall–Kier alpha value is -0.0800. The lowest BCUT2D eigenvalue weighted by Gasteiger charge is -2.37. The summed E-state index contributed by atoms with van der Waals surface area (Å²) in [6, 6.07) is 0. The van der Waals surface area contributed by atoms with Crippen LogP contribution in [-0.4, -0.2) is 16.7 Å². The fourth-order valence-corrected chi connectivity index (χ4v) is 3.37. The van der Waals surface area contributed by atoms with Gasteiger partial charge in [-0.05, 0) is 38.5 Å². The summed E-state index contributed by atoms with van der Waals surface area (Å²) in [4.78, 5) is 0. The first kappa shape index (κ1) is 17.0. The third-order valence-corrected chi connectivity index (χ3v) is 5.28. The molecule has 0 aromatic heterocycles. The average molecular weight is 269 g/mol. The van der Waals surface area contributed by atoms with Crippen molar-refractivity contribution >= 4 is 0 Å². The molecule has 2 unspecified atom stereocenters. The van der Waals surface area contributed by atoms with Crippen LogP contribution in [0.1, 0.15) is 85.0 Å². The molecule has 1 rings (SSSR count). The van der Waals surface area contributed by atoms with Gasteiger partial charge in [0.15, 0.2) is 0 Å². The Labute approximate surface area is 120 Å². The van der Waals surface area contributed by atoms with Gasteiger partial charge in [0.1, 0.15) is 0 Å². The zero-order valence-electron chi connectivity index (χ0n) is 13.3. The Morgan fingerprint density at radius 2 is 1.37 bits per heavy atom. The lowest BCUT2D eigenvalue weighted by molar-refractivity contribution is 0.0621. The molecule has 3 N–H and O–H groups in total. The maximum Gasteiger partial charge on any atom is 0.0691 e. The van der Waals surface area contributed by atoms with Crippen molar-refractivity contribution in [2.45, 2.75) is 96.6 Å². The summed E-state index contributed by atoms with van der Waals surface area (Å²) in [5.41, 5.74) is 5.97. The number of aliphatic hydroxyl groups is 1. The van der Waals surface area contributed by atoms with Crippen LogP contribution in [-0.2, 0) is 0 Å². The van der Waals surface area contributed by atoms with E-state index in [4.69, 9.17) is 5.73 Å². The van der Waals surface area contributed by atoms with Gasteiger partial charge in [-0.2, -0.15) is 0 Å². The summed E-state index contributed by atoms with van der Waals surface area (Å²) in [5, 5.41) is 9.93. The largest absolute Gasteiger partial charge is 0.392 e. The summed E-state index contributed by atoms with van der Waals surface area (Å²) in [6.45, 7) is 6.28. The average Bonchev–Trinajstić information content (AvgIpc) is 2.32. The normalized spacial score (nSPS) is 32.7. The Morgan fingerprint density at radius 1 is 0.947 bits per heavy atom. The second-order valence-corrected chi connectivity index (χ2v) is 7.12. The van der Waals surface area contributed by atoms with E-state index in [1.807, 2.05) is 13.8 Å². The van der Waals surface area contributed by atoms with Gasteiger partial charge < -0.3 is 10.8 Å². The van der Waals surface area contributed by atoms with Crippen molar-refractivity contribution in [1.82, 2.24) is 0 Å². The van der Waals surface area contributed by atoms with E-state index in [1.54, 1.807) is 0 Å². The molecule has 2 atom stereocenters. The Kier molecular flexibility index (Phi) is 7.38. The first-order valence-electron chi connectivity index (χ1n) is 8.41.